The minimum absolute atomic E-state index is 0.0197. The number of rotatable bonds is 1. The van der Waals surface area contributed by atoms with Crippen LogP contribution in [0.3, 0.4) is 0 Å². The predicted molar refractivity (Wildman–Crippen MR) is 110 cm³/mol. The Balaban J connectivity index is 1.84. The van der Waals surface area contributed by atoms with E-state index in [9.17, 15) is 4.79 Å². The fourth-order valence-electron chi connectivity index (χ4n) is 4.27. The number of hydrogen-bond donors (Lipinski definition) is 1. The molecule has 1 unspecified atom stereocenters. The number of benzene rings is 3. The molecule has 0 saturated carbocycles. The normalized spacial score (nSPS) is 19.7. The number of hydrogen-bond acceptors (Lipinski definition) is 1. The van der Waals surface area contributed by atoms with Crippen molar-refractivity contribution < 1.29 is 4.79 Å². The van der Waals surface area contributed by atoms with Crippen molar-refractivity contribution in [1.29, 1.82) is 0 Å². The van der Waals surface area contributed by atoms with Crippen LogP contribution in [-0.4, -0.2) is 5.91 Å². The van der Waals surface area contributed by atoms with E-state index < -0.39 is 5.41 Å². The Labute approximate surface area is 163 Å². The third-order valence-electron chi connectivity index (χ3n) is 5.63. The van der Waals surface area contributed by atoms with Crippen molar-refractivity contribution in [3.05, 3.63) is 105 Å². The van der Waals surface area contributed by atoms with Crippen LogP contribution in [0.4, 0.5) is 5.69 Å². The van der Waals surface area contributed by atoms with Crippen LogP contribution in [0.15, 0.2) is 66.7 Å². The Morgan fingerprint density at radius 3 is 2.37 bits per heavy atom. The van der Waals surface area contributed by atoms with Gasteiger partial charge in [-0.15, -0.1) is 0 Å². The van der Waals surface area contributed by atoms with Gasteiger partial charge in [-0.1, -0.05) is 71.3 Å². The Morgan fingerprint density at radius 1 is 0.852 bits per heavy atom. The van der Waals surface area contributed by atoms with E-state index in [0.717, 1.165) is 39.1 Å². The first-order valence-electron chi connectivity index (χ1n) is 9.02. The van der Waals surface area contributed by atoms with E-state index in [0.29, 0.717) is 5.02 Å². The molecule has 1 spiro atoms. The summed E-state index contributed by atoms with van der Waals surface area (Å²) in [6, 6.07) is 20.4. The number of carbonyl (C=O) groups excluding carboxylic acids is 1. The molecule has 1 heterocycles. The summed E-state index contributed by atoms with van der Waals surface area (Å²) in [5.74, 6) is -0.0197. The molecule has 5 rings (SSSR count). The molecule has 1 amide bonds. The second kappa shape index (κ2) is 5.58. The monoisotopic (exact) mass is 371 g/mol. The number of nitrogens with one attached hydrogen (secondary N) is 1. The largest absolute Gasteiger partial charge is 0.324 e. The lowest BCUT2D eigenvalue weighted by molar-refractivity contribution is -0.118. The summed E-state index contributed by atoms with van der Waals surface area (Å²) >= 11 is 6.30. The van der Waals surface area contributed by atoms with Crippen molar-refractivity contribution in [2.24, 2.45) is 0 Å². The van der Waals surface area contributed by atoms with Crippen LogP contribution in [0.5, 0.6) is 0 Å². The first-order chi connectivity index (χ1) is 13.0. The highest BCUT2D eigenvalue weighted by Gasteiger charge is 2.51. The van der Waals surface area contributed by atoms with Crippen LogP contribution in [0.1, 0.15) is 33.4 Å². The second-order valence-electron chi connectivity index (χ2n) is 7.43. The van der Waals surface area contributed by atoms with Crippen molar-refractivity contribution in [3.8, 4) is 0 Å². The van der Waals surface area contributed by atoms with E-state index in [-0.39, 0.29) is 5.91 Å². The zero-order valence-corrected chi connectivity index (χ0v) is 15.9. The van der Waals surface area contributed by atoms with Crippen LogP contribution in [0, 0.1) is 13.8 Å². The average Bonchev–Trinajstić information content (AvgIpc) is 3.12. The summed E-state index contributed by atoms with van der Waals surface area (Å²) < 4.78 is 0. The van der Waals surface area contributed by atoms with E-state index in [1.54, 1.807) is 0 Å². The maximum Gasteiger partial charge on any atom is 0.243 e. The average molecular weight is 372 g/mol. The third-order valence-corrected chi connectivity index (χ3v) is 5.86. The molecule has 2 nitrogen and oxygen atoms in total. The van der Waals surface area contributed by atoms with E-state index in [2.05, 4.69) is 67.7 Å². The van der Waals surface area contributed by atoms with Gasteiger partial charge in [0, 0.05) is 16.3 Å². The van der Waals surface area contributed by atoms with Gasteiger partial charge >= 0.3 is 0 Å². The molecular formula is C24H18ClNO. The number of anilines is 1. The number of amides is 1. The lowest BCUT2D eigenvalue weighted by atomic mass is 9.77. The van der Waals surface area contributed by atoms with Gasteiger partial charge in [-0.2, -0.15) is 0 Å². The quantitative estimate of drug-likeness (QED) is 0.589. The highest BCUT2D eigenvalue weighted by atomic mass is 35.5. The highest BCUT2D eigenvalue weighted by Crippen LogP contribution is 2.53. The van der Waals surface area contributed by atoms with Crippen LogP contribution in [0.25, 0.3) is 5.57 Å². The minimum Gasteiger partial charge on any atom is -0.324 e. The highest BCUT2D eigenvalue weighted by molar-refractivity contribution is 6.31. The molecule has 2 aliphatic rings. The Hall–Kier alpha value is -2.84. The smallest absolute Gasteiger partial charge is 0.243 e. The molecule has 1 aliphatic carbocycles. The molecular weight excluding hydrogens is 354 g/mol. The molecule has 0 fully saturated rings. The summed E-state index contributed by atoms with van der Waals surface area (Å²) in [7, 11) is 0. The minimum atomic E-state index is -0.832. The maximum atomic E-state index is 13.3. The van der Waals surface area contributed by atoms with Crippen molar-refractivity contribution >= 4 is 28.8 Å². The van der Waals surface area contributed by atoms with Gasteiger partial charge in [-0.25, -0.2) is 0 Å². The molecule has 132 valence electrons. The Bertz CT molecular complexity index is 1140. The van der Waals surface area contributed by atoms with Gasteiger partial charge in [0.2, 0.25) is 5.91 Å². The molecule has 1 N–H and O–H groups in total. The van der Waals surface area contributed by atoms with Gasteiger partial charge in [0.05, 0.1) is 0 Å². The topological polar surface area (TPSA) is 29.1 Å². The predicted octanol–water partition coefficient (Wildman–Crippen LogP) is 5.64. The molecule has 1 atom stereocenters. The SMILES string of the molecule is Cc1ccc(C2=CC3(C(=O)Nc4ccc(Cl)cc43)c3cc(C)ccc32)cc1. The summed E-state index contributed by atoms with van der Waals surface area (Å²) in [4.78, 5) is 13.3. The third kappa shape index (κ3) is 2.23. The molecule has 3 aromatic rings. The number of aryl methyl sites for hydroxylation is 2. The van der Waals surface area contributed by atoms with Gasteiger partial charge in [-0.05, 0) is 54.3 Å². The molecule has 0 saturated heterocycles. The van der Waals surface area contributed by atoms with E-state index >= 15 is 0 Å². The second-order valence-corrected chi connectivity index (χ2v) is 7.86. The lowest BCUT2D eigenvalue weighted by Crippen LogP contribution is -2.32. The molecule has 3 aromatic carbocycles. The molecule has 3 heteroatoms. The Kier molecular flexibility index (Phi) is 3.38. The van der Waals surface area contributed by atoms with E-state index in [4.69, 9.17) is 11.6 Å². The van der Waals surface area contributed by atoms with Gasteiger partial charge in [-0.3, -0.25) is 4.79 Å². The van der Waals surface area contributed by atoms with Gasteiger partial charge in [0.25, 0.3) is 0 Å². The van der Waals surface area contributed by atoms with Crippen LogP contribution in [-0.2, 0) is 10.2 Å². The summed E-state index contributed by atoms with van der Waals surface area (Å²) in [5.41, 5.74) is 7.61. The molecule has 0 radical (unpaired) electrons. The molecule has 1 aliphatic heterocycles. The fraction of sp³-hybridized carbons (Fsp3) is 0.125. The Morgan fingerprint density at radius 2 is 1.59 bits per heavy atom. The summed E-state index contributed by atoms with van der Waals surface area (Å²) in [6.07, 6.45) is 2.11. The standard InChI is InChI=1S/C24H18ClNO/c1-14-3-6-16(7-4-14)19-13-24(20-11-15(2)5-9-18(19)20)21-12-17(25)8-10-22(21)26-23(24)27/h3-13H,1-2H3,(H,26,27). The van der Waals surface area contributed by atoms with Crippen LogP contribution < -0.4 is 5.32 Å². The summed E-state index contributed by atoms with van der Waals surface area (Å²) in [5, 5.41) is 3.69. The zero-order chi connectivity index (χ0) is 18.8. The van der Waals surface area contributed by atoms with Crippen molar-refractivity contribution in [2.45, 2.75) is 19.3 Å². The fourth-order valence-corrected chi connectivity index (χ4v) is 4.44. The van der Waals surface area contributed by atoms with Gasteiger partial charge < -0.3 is 5.32 Å². The van der Waals surface area contributed by atoms with Gasteiger partial charge in [0.15, 0.2) is 0 Å². The van der Waals surface area contributed by atoms with Gasteiger partial charge in [0.1, 0.15) is 5.41 Å². The molecule has 27 heavy (non-hydrogen) atoms. The summed E-state index contributed by atoms with van der Waals surface area (Å²) in [6.45, 7) is 4.14. The lowest BCUT2D eigenvalue weighted by Gasteiger charge is -2.22. The first-order valence-corrected chi connectivity index (χ1v) is 9.40. The van der Waals surface area contributed by atoms with Crippen molar-refractivity contribution in [1.82, 2.24) is 0 Å². The van der Waals surface area contributed by atoms with Crippen LogP contribution >= 0.6 is 11.6 Å². The zero-order valence-electron chi connectivity index (χ0n) is 15.1. The van der Waals surface area contributed by atoms with Crippen molar-refractivity contribution in [3.63, 3.8) is 0 Å². The van der Waals surface area contributed by atoms with Crippen LogP contribution in [0.2, 0.25) is 5.02 Å². The number of carbonyl (C=O) groups is 1. The number of fused-ring (bicyclic) bond motifs is 4. The first kappa shape index (κ1) is 16.3. The number of halogens is 1. The molecule has 0 bridgehead atoms. The maximum absolute atomic E-state index is 13.3. The van der Waals surface area contributed by atoms with E-state index in [1.807, 2.05) is 18.2 Å². The molecule has 0 aromatic heterocycles. The van der Waals surface area contributed by atoms with Crippen molar-refractivity contribution in [2.75, 3.05) is 5.32 Å². The van der Waals surface area contributed by atoms with E-state index in [1.165, 1.54) is 5.56 Å².